The number of aromatic nitrogens is 3. The van der Waals surface area contributed by atoms with Crippen molar-refractivity contribution in [2.24, 2.45) is 23.7 Å². The number of amides is 1. The number of carbonyl (C=O) groups is 3. The number of aliphatic hydroxyl groups is 2. The van der Waals surface area contributed by atoms with Gasteiger partial charge in [0.15, 0.2) is 11.4 Å². The van der Waals surface area contributed by atoms with Gasteiger partial charge >= 0.3 is 5.97 Å². The minimum Gasteiger partial charge on any atom is -0.462 e. The van der Waals surface area contributed by atoms with Gasteiger partial charge in [-0.3, -0.25) is 14.4 Å². The molecule has 332 valence electrons. The number of Topliss-reactive ketones (excluding diaryl/α,β-unsaturated/α-hetero) is 1. The normalized spacial score (nSPS) is 24.5. The Morgan fingerprint density at radius 2 is 1.67 bits per heavy atom. The van der Waals surface area contributed by atoms with E-state index in [1.165, 1.54) is 30.8 Å². The maximum atomic E-state index is 13.4. The fraction of sp³-hybridized carbons (Fsp3) is 0.636. The molecule has 0 saturated carbocycles. The number of allylic oxidation sites excluding steroid dienone is 1. The highest BCUT2D eigenvalue weighted by molar-refractivity contribution is 5.81. The SMILES string of the molecule is CO[C@@H](C[C@@H]1OC(=O)C[C@@H](O)CCC[C@H](O)[C@H](C)[C@H](OC)c2coc(n2)-c2coc(n2)-c2coc(n2)C=CCC[C@H]1C)[C@@H](C)CCC(=O)[C@H](C)[C@@H](CC=CN(C)C=O)OC. The zero-order valence-corrected chi connectivity index (χ0v) is 36.2. The topological polar surface area (TPSA) is 210 Å². The first-order valence-electron chi connectivity index (χ1n) is 20.8. The molecule has 4 rings (SSSR count). The van der Waals surface area contributed by atoms with Crippen molar-refractivity contribution < 1.29 is 56.8 Å². The van der Waals surface area contributed by atoms with E-state index in [1.54, 1.807) is 33.5 Å². The maximum absolute atomic E-state index is 13.4. The van der Waals surface area contributed by atoms with Crippen LogP contribution in [0.15, 0.2) is 50.4 Å². The summed E-state index contributed by atoms with van der Waals surface area (Å²) in [5, 5.41) is 22.0. The number of carbonyl (C=O) groups excluding carboxylic acids is 3. The van der Waals surface area contributed by atoms with E-state index in [9.17, 15) is 24.6 Å². The smallest absolute Gasteiger partial charge is 0.308 e. The van der Waals surface area contributed by atoms with Crippen LogP contribution in [0, 0.1) is 23.7 Å². The van der Waals surface area contributed by atoms with Gasteiger partial charge in [-0.2, -0.15) is 0 Å². The Morgan fingerprint density at radius 1 is 0.967 bits per heavy atom. The van der Waals surface area contributed by atoms with Gasteiger partial charge < -0.3 is 47.3 Å². The molecule has 2 N–H and O–H groups in total. The number of oxazole rings is 3. The molecule has 0 aliphatic carbocycles. The summed E-state index contributed by atoms with van der Waals surface area (Å²) >= 11 is 0. The highest BCUT2D eigenvalue weighted by Gasteiger charge is 2.32. The van der Waals surface area contributed by atoms with Gasteiger partial charge in [-0.1, -0.05) is 39.8 Å². The van der Waals surface area contributed by atoms with Crippen LogP contribution < -0.4 is 0 Å². The zero-order chi connectivity index (χ0) is 43.8. The van der Waals surface area contributed by atoms with E-state index in [0.717, 1.165) is 0 Å². The predicted octanol–water partition coefficient (Wildman–Crippen LogP) is 6.98. The Balaban J connectivity index is 1.46. The largest absolute Gasteiger partial charge is 0.462 e. The van der Waals surface area contributed by atoms with Crippen molar-refractivity contribution in [2.75, 3.05) is 28.4 Å². The standard InChI is InChI=1S/C44H64N4O12/c1-27-13-9-10-17-40-45-33(24-57-40)43-47-34(25-59-43)44-46-32(23-58-44)42(56-8)30(4)35(51)15-11-14-31(50)21-41(53)60-39(27)22-38(55-7)28(2)18-19-36(52)29(3)37(54-6)16-12-20-48(5)26-49/h10,12,17,20,23-31,35,37-39,42,50-51H,9,11,13-16,18-19,21-22H2,1-8H3/t27-,28+,29+,30+,31+,35+,37-,38+,39+,42+/m1/s1. The molecule has 6 bridgehead atoms. The lowest BCUT2D eigenvalue weighted by atomic mass is 9.86. The van der Waals surface area contributed by atoms with E-state index in [4.69, 9.17) is 32.2 Å². The highest BCUT2D eigenvalue weighted by atomic mass is 16.5. The van der Waals surface area contributed by atoms with E-state index in [0.29, 0.717) is 80.7 Å². The lowest BCUT2D eigenvalue weighted by molar-refractivity contribution is -0.156. The molecule has 3 aromatic heterocycles. The lowest BCUT2D eigenvalue weighted by Crippen LogP contribution is -2.34. The number of aliphatic hydroxyl groups excluding tert-OH is 2. The summed E-state index contributed by atoms with van der Waals surface area (Å²) in [6, 6.07) is 0. The summed E-state index contributed by atoms with van der Waals surface area (Å²) in [7, 11) is 6.36. The molecule has 0 radical (unpaired) electrons. The zero-order valence-electron chi connectivity index (χ0n) is 36.2. The Morgan fingerprint density at radius 3 is 2.38 bits per heavy atom. The number of ether oxygens (including phenoxy) is 4. The number of esters is 1. The summed E-state index contributed by atoms with van der Waals surface area (Å²) in [6.45, 7) is 7.74. The second-order valence-electron chi connectivity index (χ2n) is 16.0. The van der Waals surface area contributed by atoms with Crippen LogP contribution >= 0.6 is 0 Å². The second kappa shape index (κ2) is 24.1. The van der Waals surface area contributed by atoms with Gasteiger partial charge in [0, 0.05) is 59.3 Å². The average molecular weight is 841 g/mol. The fourth-order valence-electron chi connectivity index (χ4n) is 7.44. The quantitative estimate of drug-likeness (QED) is 0.117. The number of ketones is 1. The van der Waals surface area contributed by atoms with Gasteiger partial charge in [-0.05, 0) is 62.9 Å². The Kier molecular flexibility index (Phi) is 19.3. The summed E-state index contributed by atoms with van der Waals surface area (Å²) in [6.07, 6.45) is 12.5. The molecule has 10 atom stereocenters. The van der Waals surface area contributed by atoms with Crippen molar-refractivity contribution >= 4 is 24.2 Å². The summed E-state index contributed by atoms with van der Waals surface area (Å²) < 4.78 is 40.4. The third-order valence-corrected chi connectivity index (χ3v) is 11.5. The number of hydrogen-bond donors (Lipinski definition) is 2. The van der Waals surface area contributed by atoms with E-state index in [1.807, 2.05) is 39.8 Å². The lowest BCUT2D eigenvalue weighted by Gasteiger charge is -2.31. The van der Waals surface area contributed by atoms with Gasteiger partial charge in [0.2, 0.25) is 24.1 Å². The number of cyclic esters (lactones) is 1. The minimum absolute atomic E-state index is 0.0476. The molecule has 16 heteroatoms. The number of methoxy groups -OCH3 is 3. The van der Waals surface area contributed by atoms with Crippen LogP contribution in [0.5, 0.6) is 0 Å². The first-order chi connectivity index (χ1) is 28.8. The molecule has 0 spiro atoms. The molecule has 60 heavy (non-hydrogen) atoms. The number of hydrogen-bond acceptors (Lipinski definition) is 15. The molecular formula is C44H64N4O12. The first-order valence-corrected chi connectivity index (χ1v) is 20.8. The molecule has 0 unspecified atom stereocenters. The molecule has 0 saturated heterocycles. The molecule has 0 aromatic carbocycles. The monoisotopic (exact) mass is 840 g/mol. The summed E-state index contributed by atoms with van der Waals surface area (Å²) in [5.41, 5.74) is 1.22. The van der Waals surface area contributed by atoms with E-state index in [2.05, 4.69) is 15.0 Å². The number of rotatable bonds is 15. The van der Waals surface area contributed by atoms with Crippen LogP contribution in [0.25, 0.3) is 29.2 Å². The van der Waals surface area contributed by atoms with Crippen molar-refractivity contribution in [1.29, 1.82) is 0 Å². The number of fused-ring (bicyclic) bond motifs is 8. The van der Waals surface area contributed by atoms with Crippen LogP contribution in [0.2, 0.25) is 0 Å². The molecule has 0 fully saturated rings. The van der Waals surface area contributed by atoms with Gasteiger partial charge in [0.25, 0.3) is 0 Å². The van der Waals surface area contributed by atoms with E-state index in [-0.39, 0.29) is 66.3 Å². The van der Waals surface area contributed by atoms with Gasteiger partial charge in [0.05, 0.1) is 30.8 Å². The average Bonchev–Trinajstić information content (AvgIpc) is 4.03. The van der Waals surface area contributed by atoms with E-state index < -0.39 is 30.4 Å². The third kappa shape index (κ3) is 14.0. The summed E-state index contributed by atoms with van der Waals surface area (Å²) in [5.74, 6) is -0.561. The van der Waals surface area contributed by atoms with Gasteiger partial charge in [0.1, 0.15) is 42.5 Å². The van der Waals surface area contributed by atoms with Gasteiger partial charge in [-0.25, -0.2) is 15.0 Å². The molecular weight excluding hydrogens is 776 g/mol. The molecule has 1 amide bonds. The van der Waals surface area contributed by atoms with Crippen molar-refractivity contribution in [3.05, 3.63) is 48.7 Å². The van der Waals surface area contributed by atoms with Crippen molar-refractivity contribution in [2.45, 2.75) is 129 Å². The Hall–Kier alpha value is -4.48. The Bertz CT molecular complexity index is 1820. The van der Waals surface area contributed by atoms with Gasteiger partial charge in [-0.15, -0.1) is 0 Å². The van der Waals surface area contributed by atoms with Crippen LogP contribution in [0.1, 0.15) is 110 Å². The summed E-state index contributed by atoms with van der Waals surface area (Å²) in [4.78, 5) is 52.5. The maximum Gasteiger partial charge on any atom is 0.308 e. The minimum atomic E-state index is -0.967. The molecule has 3 aromatic rings. The van der Waals surface area contributed by atoms with Crippen LogP contribution in [-0.2, 0) is 33.3 Å². The number of nitrogens with zero attached hydrogens (tertiary/aromatic N) is 4. The fourth-order valence-corrected chi connectivity index (χ4v) is 7.44. The van der Waals surface area contributed by atoms with Crippen molar-refractivity contribution in [3.63, 3.8) is 0 Å². The molecule has 16 nitrogen and oxygen atoms in total. The van der Waals surface area contributed by atoms with Crippen LogP contribution in [-0.4, -0.2) is 107 Å². The third-order valence-electron chi connectivity index (χ3n) is 11.5. The second-order valence-corrected chi connectivity index (χ2v) is 16.0. The molecule has 4 heterocycles. The first kappa shape index (κ1) is 48.2. The predicted molar refractivity (Wildman–Crippen MR) is 221 cm³/mol. The van der Waals surface area contributed by atoms with E-state index >= 15 is 0 Å². The Labute approximate surface area is 352 Å². The molecule has 1 aliphatic heterocycles. The highest BCUT2D eigenvalue weighted by Crippen LogP contribution is 2.33. The van der Waals surface area contributed by atoms with Crippen molar-refractivity contribution in [1.82, 2.24) is 19.9 Å². The van der Waals surface area contributed by atoms with Crippen LogP contribution in [0.3, 0.4) is 0 Å². The van der Waals surface area contributed by atoms with Crippen molar-refractivity contribution in [3.8, 4) is 23.2 Å². The van der Waals surface area contributed by atoms with Crippen LogP contribution in [0.4, 0.5) is 0 Å². The molecule has 1 aliphatic rings.